The van der Waals surface area contributed by atoms with Gasteiger partial charge in [-0.3, -0.25) is 4.79 Å². The van der Waals surface area contributed by atoms with Crippen molar-refractivity contribution in [3.63, 3.8) is 0 Å². The summed E-state index contributed by atoms with van der Waals surface area (Å²) in [6, 6.07) is 9.29. The maximum absolute atomic E-state index is 12.5. The molecule has 1 aromatic carbocycles. The number of nitrogens with one attached hydrogen (secondary N) is 1. The highest BCUT2D eigenvalue weighted by Crippen LogP contribution is 2.28. The number of nitrogen functional groups attached to an aromatic ring is 1. The first kappa shape index (κ1) is 18.7. The molecule has 0 saturated carbocycles. The second-order valence-electron chi connectivity index (χ2n) is 5.28. The van der Waals surface area contributed by atoms with Gasteiger partial charge < -0.3 is 20.3 Å². The molecule has 0 fully saturated rings. The van der Waals surface area contributed by atoms with Gasteiger partial charge in [-0.1, -0.05) is 23.9 Å². The number of hydrogen-bond acceptors (Lipinski definition) is 7. The van der Waals surface area contributed by atoms with E-state index in [-0.39, 0.29) is 11.4 Å². The molecule has 3 N–H and O–H groups in total. The van der Waals surface area contributed by atoms with E-state index in [1.807, 2.05) is 0 Å². The summed E-state index contributed by atoms with van der Waals surface area (Å²) in [6.45, 7) is -1.37. The van der Waals surface area contributed by atoms with Gasteiger partial charge in [0.1, 0.15) is 5.75 Å². The van der Waals surface area contributed by atoms with Gasteiger partial charge in [0.15, 0.2) is 5.76 Å². The van der Waals surface area contributed by atoms with E-state index in [0.29, 0.717) is 16.7 Å². The first-order chi connectivity index (χ1) is 13.0. The van der Waals surface area contributed by atoms with E-state index >= 15 is 0 Å². The molecule has 1 amide bonds. The predicted molar refractivity (Wildman–Crippen MR) is 94.9 cm³/mol. The average molecular weight is 395 g/mol. The van der Waals surface area contributed by atoms with Crippen molar-refractivity contribution in [3.8, 4) is 17.3 Å². The van der Waals surface area contributed by atoms with Gasteiger partial charge in [-0.25, -0.2) is 4.68 Å². The standard InChI is InChI=1S/C16H15F2N5O3S/c1-9(14(24)20-10-5-2-3-6-11(10)26-15(17)18)27-16-22-21-13(23(16)19)12-7-4-8-25-12/h2-9,15H,19H2,1H3,(H,20,24)/t9-/m0/s1. The number of amides is 1. The first-order valence-corrected chi connectivity index (χ1v) is 8.59. The number of hydrogen-bond donors (Lipinski definition) is 2. The molecule has 0 aliphatic rings. The third kappa shape index (κ3) is 4.37. The Labute approximate surface area is 156 Å². The number of carbonyl (C=O) groups excluding carboxylic acids is 1. The van der Waals surface area contributed by atoms with Crippen LogP contribution in [0, 0.1) is 0 Å². The van der Waals surface area contributed by atoms with E-state index in [1.54, 1.807) is 25.1 Å². The molecule has 2 aromatic heterocycles. The number of thioether (sulfide) groups is 1. The highest BCUT2D eigenvalue weighted by Gasteiger charge is 2.22. The Bertz CT molecular complexity index is 917. The van der Waals surface area contributed by atoms with Crippen LogP contribution in [0.5, 0.6) is 5.75 Å². The topological polar surface area (TPSA) is 108 Å². The number of carbonyl (C=O) groups is 1. The number of ether oxygens (including phenoxy) is 1. The highest BCUT2D eigenvalue weighted by molar-refractivity contribution is 8.00. The van der Waals surface area contributed by atoms with Crippen LogP contribution >= 0.6 is 11.8 Å². The zero-order valence-corrected chi connectivity index (χ0v) is 14.8. The van der Waals surface area contributed by atoms with Crippen LogP contribution in [0.2, 0.25) is 0 Å². The Hall–Kier alpha value is -3.08. The van der Waals surface area contributed by atoms with E-state index < -0.39 is 17.8 Å². The van der Waals surface area contributed by atoms with Gasteiger partial charge in [0, 0.05) is 0 Å². The quantitative estimate of drug-likeness (QED) is 0.468. The van der Waals surface area contributed by atoms with Crippen molar-refractivity contribution >= 4 is 23.4 Å². The number of halogens is 2. The van der Waals surface area contributed by atoms with E-state index in [4.69, 9.17) is 10.3 Å². The van der Waals surface area contributed by atoms with Gasteiger partial charge in [0.25, 0.3) is 0 Å². The molecule has 0 aliphatic heterocycles. The van der Waals surface area contributed by atoms with Crippen LogP contribution in [0.15, 0.2) is 52.2 Å². The lowest BCUT2D eigenvalue weighted by atomic mass is 10.3. The van der Waals surface area contributed by atoms with E-state index in [9.17, 15) is 13.6 Å². The molecular formula is C16H15F2N5O3S. The first-order valence-electron chi connectivity index (χ1n) is 7.71. The third-order valence-electron chi connectivity index (χ3n) is 3.42. The van der Waals surface area contributed by atoms with Gasteiger partial charge in [0.2, 0.25) is 16.9 Å². The van der Waals surface area contributed by atoms with Crippen molar-refractivity contribution in [1.29, 1.82) is 0 Å². The monoisotopic (exact) mass is 395 g/mol. The van der Waals surface area contributed by atoms with Crippen LogP contribution in [0.4, 0.5) is 14.5 Å². The summed E-state index contributed by atoms with van der Waals surface area (Å²) in [6.07, 6.45) is 1.48. The lowest BCUT2D eigenvalue weighted by Gasteiger charge is -2.14. The maximum Gasteiger partial charge on any atom is 0.387 e. The molecule has 3 aromatic rings. The summed E-state index contributed by atoms with van der Waals surface area (Å²) in [5, 5.41) is 10.1. The SMILES string of the molecule is C[C@H](Sc1nnc(-c2ccco2)n1N)C(=O)Nc1ccccc1OC(F)F. The molecule has 0 bridgehead atoms. The number of anilines is 1. The smallest absolute Gasteiger partial charge is 0.387 e. The fourth-order valence-electron chi connectivity index (χ4n) is 2.15. The lowest BCUT2D eigenvalue weighted by Crippen LogP contribution is -2.24. The predicted octanol–water partition coefficient (Wildman–Crippen LogP) is 2.97. The second-order valence-corrected chi connectivity index (χ2v) is 6.59. The number of furan rings is 1. The zero-order valence-electron chi connectivity index (χ0n) is 14.0. The molecule has 142 valence electrons. The van der Waals surface area contributed by atoms with Crippen LogP contribution in [0.25, 0.3) is 11.6 Å². The van der Waals surface area contributed by atoms with Crippen molar-refractivity contribution in [2.45, 2.75) is 23.9 Å². The van der Waals surface area contributed by atoms with Crippen molar-refractivity contribution < 1.29 is 22.7 Å². The van der Waals surface area contributed by atoms with Crippen LogP contribution in [-0.2, 0) is 4.79 Å². The number of nitrogens with zero attached hydrogens (tertiary/aromatic N) is 3. The van der Waals surface area contributed by atoms with Crippen LogP contribution < -0.4 is 15.9 Å². The van der Waals surface area contributed by atoms with Crippen LogP contribution in [0.3, 0.4) is 0 Å². The average Bonchev–Trinajstić information content (AvgIpc) is 3.26. The Balaban J connectivity index is 1.69. The number of nitrogens with two attached hydrogens (primary N) is 1. The fourth-order valence-corrected chi connectivity index (χ4v) is 2.92. The normalized spacial score (nSPS) is 12.1. The summed E-state index contributed by atoms with van der Waals surface area (Å²) < 4.78 is 35.8. The molecule has 0 radical (unpaired) electrons. The lowest BCUT2D eigenvalue weighted by molar-refractivity contribution is -0.115. The number of benzene rings is 1. The van der Waals surface area contributed by atoms with Gasteiger partial charge in [0.05, 0.1) is 17.2 Å². The van der Waals surface area contributed by atoms with Gasteiger partial charge >= 0.3 is 6.61 Å². The number of para-hydroxylation sites is 2. The van der Waals surface area contributed by atoms with Crippen LogP contribution in [-0.4, -0.2) is 32.6 Å². The molecule has 8 nitrogen and oxygen atoms in total. The third-order valence-corrected chi connectivity index (χ3v) is 4.48. The summed E-state index contributed by atoms with van der Waals surface area (Å²) in [5.41, 5.74) is 0.140. The van der Waals surface area contributed by atoms with Crippen molar-refractivity contribution in [1.82, 2.24) is 14.9 Å². The molecular weight excluding hydrogens is 380 g/mol. The Morgan fingerprint density at radius 2 is 2.07 bits per heavy atom. The molecule has 3 rings (SSSR count). The van der Waals surface area contributed by atoms with Crippen LogP contribution in [0.1, 0.15) is 6.92 Å². The Kier molecular flexibility index (Phi) is 5.60. The molecule has 0 unspecified atom stereocenters. The molecule has 0 aliphatic carbocycles. The summed E-state index contributed by atoms with van der Waals surface area (Å²) in [5.74, 6) is 6.14. The molecule has 0 spiro atoms. The fraction of sp³-hybridized carbons (Fsp3) is 0.188. The summed E-state index contributed by atoms with van der Waals surface area (Å²) in [4.78, 5) is 12.4. The Morgan fingerprint density at radius 1 is 1.30 bits per heavy atom. The largest absolute Gasteiger partial charge is 0.461 e. The van der Waals surface area contributed by atoms with Crippen molar-refractivity contribution in [2.75, 3.05) is 11.2 Å². The minimum atomic E-state index is -2.99. The van der Waals surface area contributed by atoms with Crippen molar-refractivity contribution in [3.05, 3.63) is 42.7 Å². The maximum atomic E-state index is 12.5. The summed E-state index contributed by atoms with van der Waals surface area (Å²) >= 11 is 1.06. The van der Waals surface area contributed by atoms with Gasteiger partial charge in [-0.15, -0.1) is 10.2 Å². The highest BCUT2D eigenvalue weighted by atomic mass is 32.2. The molecule has 0 saturated heterocycles. The summed E-state index contributed by atoms with van der Waals surface area (Å²) in [7, 11) is 0. The number of rotatable bonds is 7. The van der Waals surface area contributed by atoms with Gasteiger partial charge in [-0.05, 0) is 31.2 Å². The second kappa shape index (κ2) is 8.08. The van der Waals surface area contributed by atoms with Crippen molar-refractivity contribution in [2.24, 2.45) is 0 Å². The van der Waals surface area contributed by atoms with E-state index in [1.165, 1.54) is 29.1 Å². The minimum Gasteiger partial charge on any atom is -0.461 e. The molecule has 27 heavy (non-hydrogen) atoms. The molecule has 1 atom stereocenters. The zero-order chi connectivity index (χ0) is 19.4. The molecule has 2 heterocycles. The number of alkyl halides is 2. The number of aromatic nitrogens is 3. The minimum absolute atomic E-state index is 0.125. The Morgan fingerprint density at radius 3 is 2.78 bits per heavy atom. The van der Waals surface area contributed by atoms with Gasteiger partial charge in [-0.2, -0.15) is 8.78 Å². The van der Waals surface area contributed by atoms with E-state index in [0.717, 1.165) is 11.8 Å². The van der Waals surface area contributed by atoms with E-state index in [2.05, 4.69) is 20.3 Å². The molecule has 11 heteroatoms.